The van der Waals surface area contributed by atoms with E-state index >= 15 is 0 Å². The third-order valence-electron chi connectivity index (χ3n) is 2.69. The van der Waals surface area contributed by atoms with Crippen LogP contribution in [0.4, 0.5) is 24.5 Å². The van der Waals surface area contributed by atoms with Crippen LogP contribution in [0.1, 0.15) is 32.6 Å². The Balaban J connectivity index is 2.36. The fraction of sp³-hybridized carbons (Fsp3) is 0.571. The lowest BCUT2D eigenvalue weighted by Gasteiger charge is -2.12. The van der Waals surface area contributed by atoms with Gasteiger partial charge < -0.3 is 15.8 Å². The Bertz CT molecular complexity index is 408. The standard InChI is InChI=1S/C14H21F3N2O/c1-2-9-20-13-10-11(5-6-12(13)18)19-8-4-3-7-14(15,16)17/h5-6,10,19H,2-4,7-9,18H2,1H3. The van der Waals surface area contributed by atoms with Crippen molar-refractivity contribution in [1.29, 1.82) is 0 Å². The Labute approximate surface area is 117 Å². The molecule has 0 fully saturated rings. The molecule has 0 amide bonds. The lowest BCUT2D eigenvalue weighted by Crippen LogP contribution is -2.09. The minimum absolute atomic E-state index is 0.130. The Morgan fingerprint density at radius 2 is 2.00 bits per heavy atom. The van der Waals surface area contributed by atoms with Gasteiger partial charge in [0.05, 0.1) is 12.3 Å². The number of hydrogen-bond donors (Lipinski definition) is 2. The van der Waals surface area contributed by atoms with Crippen LogP contribution in [0.3, 0.4) is 0 Å². The monoisotopic (exact) mass is 290 g/mol. The first-order valence-corrected chi connectivity index (χ1v) is 6.75. The molecular formula is C14H21F3N2O. The molecule has 3 nitrogen and oxygen atoms in total. The molecule has 0 aromatic heterocycles. The molecule has 0 aliphatic heterocycles. The Morgan fingerprint density at radius 3 is 2.65 bits per heavy atom. The fourth-order valence-electron chi connectivity index (χ4n) is 1.66. The van der Waals surface area contributed by atoms with Crippen LogP contribution >= 0.6 is 0 Å². The van der Waals surface area contributed by atoms with Crippen LogP contribution in [0.25, 0.3) is 0 Å². The summed E-state index contributed by atoms with van der Waals surface area (Å²) < 4.78 is 41.4. The van der Waals surface area contributed by atoms with E-state index in [1.807, 2.05) is 6.92 Å². The zero-order valence-corrected chi connectivity index (χ0v) is 11.6. The number of unbranched alkanes of at least 4 members (excludes halogenated alkanes) is 1. The third-order valence-corrected chi connectivity index (χ3v) is 2.69. The van der Waals surface area contributed by atoms with Crippen molar-refractivity contribution in [3.8, 4) is 5.75 Å². The topological polar surface area (TPSA) is 47.3 Å². The lowest BCUT2D eigenvalue weighted by atomic mass is 10.2. The van der Waals surface area contributed by atoms with Crippen molar-refractivity contribution < 1.29 is 17.9 Å². The zero-order chi connectivity index (χ0) is 15.0. The summed E-state index contributed by atoms with van der Waals surface area (Å²) in [5, 5.41) is 3.07. The summed E-state index contributed by atoms with van der Waals surface area (Å²) in [6.45, 7) is 3.07. The molecule has 1 aromatic carbocycles. The molecule has 6 heteroatoms. The van der Waals surface area contributed by atoms with E-state index in [1.54, 1.807) is 18.2 Å². The van der Waals surface area contributed by atoms with Crippen molar-refractivity contribution in [3.63, 3.8) is 0 Å². The molecule has 3 N–H and O–H groups in total. The van der Waals surface area contributed by atoms with Gasteiger partial charge in [-0.05, 0) is 31.4 Å². The van der Waals surface area contributed by atoms with Crippen molar-refractivity contribution in [3.05, 3.63) is 18.2 Å². The molecule has 0 atom stereocenters. The minimum atomic E-state index is -4.07. The smallest absolute Gasteiger partial charge is 0.389 e. The van der Waals surface area contributed by atoms with Crippen LogP contribution in [-0.2, 0) is 0 Å². The van der Waals surface area contributed by atoms with E-state index < -0.39 is 12.6 Å². The highest BCUT2D eigenvalue weighted by Gasteiger charge is 2.25. The highest BCUT2D eigenvalue weighted by Crippen LogP contribution is 2.26. The molecular weight excluding hydrogens is 269 g/mol. The Kier molecular flexibility index (Phi) is 6.48. The van der Waals surface area contributed by atoms with Crippen molar-refractivity contribution in [2.75, 3.05) is 24.2 Å². The fourth-order valence-corrected chi connectivity index (χ4v) is 1.66. The molecule has 0 aliphatic rings. The van der Waals surface area contributed by atoms with E-state index in [4.69, 9.17) is 10.5 Å². The molecule has 1 rings (SSSR count). The van der Waals surface area contributed by atoms with Crippen LogP contribution in [0.2, 0.25) is 0 Å². The molecule has 20 heavy (non-hydrogen) atoms. The van der Waals surface area contributed by atoms with Gasteiger partial charge in [-0.2, -0.15) is 13.2 Å². The summed E-state index contributed by atoms with van der Waals surface area (Å²) in [7, 11) is 0. The highest BCUT2D eigenvalue weighted by molar-refractivity contribution is 5.61. The normalized spacial score (nSPS) is 11.4. The summed E-state index contributed by atoms with van der Waals surface area (Å²) in [5.74, 6) is 0.604. The second-order valence-corrected chi connectivity index (χ2v) is 4.60. The third kappa shape index (κ3) is 6.54. The van der Waals surface area contributed by atoms with Crippen LogP contribution in [0.5, 0.6) is 5.75 Å². The number of anilines is 2. The van der Waals surface area contributed by atoms with Gasteiger partial charge in [0.15, 0.2) is 0 Å². The lowest BCUT2D eigenvalue weighted by molar-refractivity contribution is -0.135. The summed E-state index contributed by atoms with van der Waals surface area (Å²) in [4.78, 5) is 0. The largest absolute Gasteiger partial charge is 0.491 e. The van der Waals surface area contributed by atoms with Gasteiger partial charge in [-0.15, -0.1) is 0 Å². The molecule has 0 aliphatic carbocycles. The van der Waals surface area contributed by atoms with E-state index in [0.717, 1.165) is 12.1 Å². The predicted molar refractivity (Wildman–Crippen MR) is 75.0 cm³/mol. The number of alkyl halides is 3. The molecule has 0 unspecified atom stereocenters. The Morgan fingerprint density at radius 1 is 1.25 bits per heavy atom. The molecule has 0 bridgehead atoms. The first kappa shape index (κ1) is 16.5. The number of hydrogen-bond acceptors (Lipinski definition) is 3. The Hall–Kier alpha value is -1.59. The van der Waals surface area contributed by atoms with E-state index in [9.17, 15) is 13.2 Å². The van der Waals surface area contributed by atoms with E-state index in [0.29, 0.717) is 31.0 Å². The maximum Gasteiger partial charge on any atom is 0.389 e. The number of nitrogens with two attached hydrogens (primary N) is 1. The molecule has 0 saturated heterocycles. The van der Waals surface area contributed by atoms with Gasteiger partial charge in [0.1, 0.15) is 5.75 Å². The van der Waals surface area contributed by atoms with Gasteiger partial charge >= 0.3 is 6.18 Å². The second-order valence-electron chi connectivity index (χ2n) is 4.60. The van der Waals surface area contributed by atoms with E-state index in [-0.39, 0.29) is 6.42 Å². The summed E-state index contributed by atoms with van der Waals surface area (Å²) >= 11 is 0. The second kappa shape index (κ2) is 7.87. The van der Waals surface area contributed by atoms with Gasteiger partial charge in [0.2, 0.25) is 0 Å². The van der Waals surface area contributed by atoms with Crippen molar-refractivity contribution >= 4 is 11.4 Å². The molecule has 0 heterocycles. The van der Waals surface area contributed by atoms with Crippen LogP contribution < -0.4 is 15.8 Å². The van der Waals surface area contributed by atoms with Gasteiger partial charge in [-0.25, -0.2) is 0 Å². The SMILES string of the molecule is CCCOc1cc(NCCCCC(F)(F)F)ccc1N. The van der Waals surface area contributed by atoms with Crippen LogP contribution in [0.15, 0.2) is 18.2 Å². The minimum Gasteiger partial charge on any atom is -0.491 e. The summed E-state index contributed by atoms with van der Waals surface area (Å²) in [6, 6.07) is 5.29. The number of ether oxygens (including phenoxy) is 1. The summed E-state index contributed by atoms with van der Waals surface area (Å²) in [5.41, 5.74) is 7.14. The molecule has 0 spiro atoms. The number of halogens is 3. The van der Waals surface area contributed by atoms with Gasteiger partial charge in [0, 0.05) is 24.7 Å². The molecule has 1 aromatic rings. The first-order valence-electron chi connectivity index (χ1n) is 6.75. The maximum absolute atomic E-state index is 12.0. The van der Waals surface area contributed by atoms with Gasteiger partial charge in [0.25, 0.3) is 0 Å². The van der Waals surface area contributed by atoms with Crippen molar-refractivity contribution in [2.24, 2.45) is 0 Å². The number of benzene rings is 1. The highest BCUT2D eigenvalue weighted by atomic mass is 19.4. The number of nitrogen functional groups attached to an aromatic ring is 1. The van der Waals surface area contributed by atoms with Crippen LogP contribution in [0, 0.1) is 0 Å². The first-order chi connectivity index (χ1) is 9.42. The van der Waals surface area contributed by atoms with Crippen molar-refractivity contribution in [2.45, 2.75) is 38.8 Å². The molecule has 0 saturated carbocycles. The van der Waals surface area contributed by atoms with Gasteiger partial charge in [-0.1, -0.05) is 6.92 Å². The van der Waals surface area contributed by atoms with E-state index in [2.05, 4.69) is 5.32 Å². The molecule has 0 radical (unpaired) electrons. The van der Waals surface area contributed by atoms with E-state index in [1.165, 1.54) is 0 Å². The van der Waals surface area contributed by atoms with Gasteiger partial charge in [-0.3, -0.25) is 0 Å². The average molecular weight is 290 g/mol. The molecule has 114 valence electrons. The number of rotatable bonds is 8. The maximum atomic E-state index is 12.0. The van der Waals surface area contributed by atoms with Crippen LogP contribution in [-0.4, -0.2) is 19.3 Å². The average Bonchev–Trinajstić information content (AvgIpc) is 2.37. The predicted octanol–water partition coefficient (Wildman–Crippen LogP) is 4.20. The summed E-state index contributed by atoms with van der Waals surface area (Å²) in [6.07, 6.45) is -3.32. The zero-order valence-electron chi connectivity index (χ0n) is 11.6. The van der Waals surface area contributed by atoms with Crippen molar-refractivity contribution in [1.82, 2.24) is 0 Å². The quantitative estimate of drug-likeness (QED) is 0.557. The number of nitrogens with one attached hydrogen (secondary N) is 1.